The summed E-state index contributed by atoms with van der Waals surface area (Å²) in [7, 11) is 6.07. The van der Waals surface area contributed by atoms with Crippen molar-refractivity contribution in [1.29, 1.82) is 0 Å². The molecule has 1 aromatic rings. The molecule has 0 saturated heterocycles. The number of nitrogens with two attached hydrogens (primary N) is 1. The Hall–Kier alpha value is -3.33. The summed E-state index contributed by atoms with van der Waals surface area (Å²) in [6.45, 7) is 4.38. The molecule has 1 aromatic carbocycles. The normalized spacial score (nSPS) is 25.3. The van der Waals surface area contributed by atoms with Crippen LogP contribution in [-0.4, -0.2) is 103 Å². The molecule has 3 aliphatic rings. The molecule has 13 nitrogen and oxygen atoms in total. The average molecular weight is 619 g/mol. The van der Waals surface area contributed by atoms with Crippen molar-refractivity contribution in [1.82, 2.24) is 4.90 Å². The van der Waals surface area contributed by atoms with Crippen molar-refractivity contribution in [3.63, 3.8) is 0 Å². The molecule has 0 aliphatic heterocycles. The maximum absolute atomic E-state index is 14.1. The van der Waals surface area contributed by atoms with Crippen LogP contribution in [0.25, 0.3) is 5.76 Å². The van der Waals surface area contributed by atoms with Gasteiger partial charge in [0.2, 0.25) is 5.78 Å². The molecule has 3 aliphatic carbocycles. The van der Waals surface area contributed by atoms with Gasteiger partial charge in [-0.25, -0.2) is 0 Å². The molecule has 0 unspecified atom stereocenters. The summed E-state index contributed by atoms with van der Waals surface area (Å²) in [6.07, 6.45) is -0.926. The number of methoxy groups -OCH3 is 4. The number of carbonyl (C=O) groups excluding carboxylic acids is 3. The van der Waals surface area contributed by atoms with E-state index in [2.05, 4.69) is 0 Å². The number of aliphatic hydroxyl groups is 3. The van der Waals surface area contributed by atoms with Crippen LogP contribution in [0.3, 0.4) is 0 Å². The summed E-state index contributed by atoms with van der Waals surface area (Å²) in [5, 5.41) is 45.3. The summed E-state index contributed by atoms with van der Waals surface area (Å²) in [4.78, 5) is 41.6. The summed E-state index contributed by atoms with van der Waals surface area (Å²) >= 11 is 0. The van der Waals surface area contributed by atoms with E-state index < -0.39 is 76.4 Å². The molecule has 6 N–H and O–H groups in total. The second kappa shape index (κ2) is 13.0. The van der Waals surface area contributed by atoms with E-state index in [1.54, 1.807) is 19.9 Å². The fraction of sp³-hybridized carbons (Fsp3) is 0.581. The van der Waals surface area contributed by atoms with Crippen molar-refractivity contribution in [3.05, 3.63) is 45.7 Å². The second-order valence-electron chi connectivity index (χ2n) is 11.9. The van der Waals surface area contributed by atoms with E-state index in [0.717, 1.165) is 5.56 Å². The standard InChI is InChI=1S/C31H42N2O11/c1-14(2)22-18-10-16-9-17-15(11-33(12-20(41-3)42-4)13-21(43-5)44-6)7-8-19(34)24(17)27(36)23(16)28(37)31(18,40)29(38)25(26(22)35)30(32)39/h7-8,14,16,18,20-22,34,36,38,40H,9-13H2,1-6H3,(H2,32,39)/t16-,18-,22-,31-/m0/s1. The van der Waals surface area contributed by atoms with Gasteiger partial charge >= 0.3 is 0 Å². The molecule has 0 heterocycles. The Morgan fingerprint density at radius 3 is 2.09 bits per heavy atom. The zero-order chi connectivity index (χ0) is 32.7. The lowest BCUT2D eigenvalue weighted by molar-refractivity contribution is -0.155. The SMILES string of the molecule is COC(CN(Cc1ccc(O)c2c1C[C@H]1C[C@H]3[C@H](C(C)C)C(=O)C(C(N)=O)=C(O)[C@@]3(O)C(=O)C1=C2O)CC(OC)OC)OC. The van der Waals surface area contributed by atoms with E-state index in [0.29, 0.717) is 25.2 Å². The third-order valence-corrected chi connectivity index (χ3v) is 9.21. The molecular weight excluding hydrogens is 576 g/mol. The quantitative estimate of drug-likeness (QED) is 0.167. The Kier molecular flexibility index (Phi) is 9.88. The van der Waals surface area contributed by atoms with Gasteiger partial charge in [-0.1, -0.05) is 19.9 Å². The molecule has 0 bridgehead atoms. The minimum atomic E-state index is -2.65. The lowest BCUT2D eigenvalue weighted by Crippen LogP contribution is -2.62. The number of aromatic hydroxyl groups is 1. The highest BCUT2D eigenvalue weighted by atomic mass is 16.7. The zero-order valence-electron chi connectivity index (χ0n) is 25.8. The van der Waals surface area contributed by atoms with E-state index in [9.17, 15) is 34.8 Å². The lowest BCUT2D eigenvalue weighted by Gasteiger charge is -2.50. The molecule has 0 radical (unpaired) electrons. The topological polar surface area (TPSA) is 198 Å². The van der Waals surface area contributed by atoms with Crippen LogP contribution in [0.4, 0.5) is 0 Å². The number of phenolic OH excluding ortho intramolecular Hbond substituents is 1. The van der Waals surface area contributed by atoms with Crippen molar-refractivity contribution >= 4 is 23.2 Å². The molecule has 1 amide bonds. The Bertz CT molecular complexity index is 1360. The maximum Gasteiger partial charge on any atom is 0.255 e. The third-order valence-electron chi connectivity index (χ3n) is 9.21. The monoisotopic (exact) mass is 618 g/mol. The number of rotatable bonds is 12. The Balaban J connectivity index is 1.83. The first-order valence-electron chi connectivity index (χ1n) is 14.4. The van der Waals surface area contributed by atoms with Gasteiger partial charge in [-0.15, -0.1) is 0 Å². The van der Waals surface area contributed by atoms with Gasteiger partial charge in [0.1, 0.15) is 22.8 Å². The molecule has 1 fully saturated rings. The molecule has 13 heteroatoms. The molecule has 4 atom stereocenters. The van der Waals surface area contributed by atoms with Crippen LogP contribution < -0.4 is 5.73 Å². The van der Waals surface area contributed by atoms with Crippen molar-refractivity contribution in [2.45, 2.75) is 51.4 Å². The van der Waals surface area contributed by atoms with Gasteiger partial charge in [0, 0.05) is 52.4 Å². The van der Waals surface area contributed by atoms with Gasteiger partial charge in [0.25, 0.3) is 5.91 Å². The molecular formula is C31H42N2O11. The maximum atomic E-state index is 14.1. The number of ketones is 2. The van der Waals surface area contributed by atoms with Gasteiger partial charge in [-0.3, -0.25) is 19.3 Å². The number of nitrogens with zero attached hydrogens (tertiary/aromatic N) is 1. The highest BCUT2D eigenvalue weighted by Crippen LogP contribution is 2.54. The number of Topliss-reactive ketones (excluding diaryl/α,β-unsaturated/α-hetero) is 2. The number of phenols is 1. The predicted octanol–water partition coefficient (Wildman–Crippen LogP) is 1.35. The Morgan fingerprint density at radius 2 is 1.59 bits per heavy atom. The lowest BCUT2D eigenvalue weighted by atomic mass is 9.54. The number of primary amides is 1. The number of hydrogen-bond donors (Lipinski definition) is 5. The van der Waals surface area contributed by atoms with Crippen LogP contribution in [-0.2, 0) is 46.3 Å². The van der Waals surface area contributed by atoms with Crippen molar-refractivity contribution in [2.75, 3.05) is 41.5 Å². The molecule has 242 valence electrons. The predicted molar refractivity (Wildman–Crippen MR) is 156 cm³/mol. The first kappa shape index (κ1) is 33.6. The van der Waals surface area contributed by atoms with Crippen LogP contribution in [0, 0.1) is 23.7 Å². The zero-order valence-corrected chi connectivity index (χ0v) is 25.8. The second-order valence-corrected chi connectivity index (χ2v) is 11.9. The molecule has 1 saturated carbocycles. The van der Waals surface area contributed by atoms with Crippen LogP contribution in [0.2, 0.25) is 0 Å². The van der Waals surface area contributed by atoms with Gasteiger partial charge in [0.15, 0.2) is 24.0 Å². The summed E-state index contributed by atoms with van der Waals surface area (Å²) in [6, 6.07) is 3.12. The number of benzene rings is 1. The van der Waals surface area contributed by atoms with Crippen molar-refractivity contribution in [2.24, 2.45) is 29.4 Å². The number of amides is 1. The highest BCUT2D eigenvalue weighted by Gasteiger charge is 2.64. The first-order chi connectivity index (χ1) is 20.8. The number of ether oxygens (including phenoxy) is 4. The third kappa shape index (κ3) is 5.52. The van der Waals surface area contributed by atoms with Crippen LogP contribution in [0.1, 0.15) is 37.0 Å². The van der Waals surface area contributed by atoms with Gasteiger partial charge < -0.3 is 45.1 Å². The van der Waals surface area contributed by atoms with Crippen molar-refractivity contribution in [3.8, 4) is 5.75 Å². The average Bonchev–Trinajstić information content (AvgIpc) is 2.97. The number of aliphatic hydroxyl groups excluding tert-OH is 2. The Labute approximate surface area is 255 Å². The number of fused-ring (bicyclic) bond motifs is 3. The van der Waals surface area contributed by atoms with Crippen LogP contribution in [0.15, 0.2) is 29.0 Å². The summed E-state index contributed by atoms with van der Waals surface area (Å²) < 4.78 is 21.6. The molecule has 44 heavy (non-hydrogen) atoms. The number of hydrogen-bond acceptors (Lipinski definition) is 12. The van der Waals surface area contributed by atoms with Gasteiger partial charge in [0.05, 0.1) is 18.7 Å². The van der Waals surface area contributed by atoms with Crippen LogP contribution >= 0.6 is 0 Å². The highest BCUT2D eigenvalue weighted by molar-refractivity contribution is 6.23. The minimum absolute atomic E-state index is 0.0278. The summed E-state index contributed by atoms with van der Waals surface area (Å²) in [5.41, 5.74) is 3.08. The van der Waals surface area contributed by atoms with Crippen LogP contribution in [0.5, 0.6) is 5.75 Å². The van der Waals surface area contributed by atoms with E-state index in [-0.39, 0.29) is 29.7 Å². The smallest absolute Gasteiger partial charge is 0.255 e. The van der Waals surface area contributed by atoms with E-state index >= 15 is 0 Å². The fourth-order valence-electron chi connectivity index (χ4n) is 7.05. The number of carbonyl (C=O) groups is 3. The molecule has 0 aromatic heterocycles. The van der Waals surface area contributed by atoms with E-state index in [1.165, 1.54) is 34.5 Å². The van der Waals surface area contributed by atoms with Gasteiger partial charge in [-0.2, -0.15) is 0 Å². The first-order valence-corrected chi connectivity index (χ1v) is 14.4. The summed E-state index contributed by atoms with van der Waals surface area (Å²) in [5.74, 6) is -8.10. The Morgan fingerprint density at radius 1 is 1.02 bits per heavy atom. The van der Waals surface area contributed by atoms with Gasteiger partial charge in [-0.05, 0) is 41.9 Å². The van der Waals surface area contributed by atoms with E-state index in [4.69, 9.17) is 24.7 Å². The minimum Gasteiger partial charge on any atom is -0.508 e. The molecule has 4 rings (SSSR count). The van der Waals surface area contributed by atoms with E-state index in [1.807, 2.05) is 4.90 Å². The largest absolute Gasteiger partial charge is 0.508 e. The molecule has 0 spiro atoms. The fourth-order valence-corrected chi connectivity index (χ4v) is 7.05. The van der Waals surface area contributed by atoms with Crippen molar-refractivity contribution < 1.29 is 53.8 Å².